The summed E-state index contributed by atoms with van der Waals surface area (Å²) in [5.41, 5.74) is 0.123. The summed E-state index contributed by atoms with van der Waals surface area (Å²) in [4.78, 5) is 36.7. The van der Waals surface area contributed by atoms with Gasteiger partial charge >= 0.3 is 5.97 Å². The zero-order valence-electron chi connectivity index (χ0n) is 11.2. The molecule has 7 heteroatoms. The van der Waals surface area contributed by atoms with E-state index in [0.29, 0.717) is 12.8 Å². The zero-order valence-corrected chi connectivity index (χ0v) is 11.2. The second-order valence-corrected chi connectivity index (χ2v) is 4.89. The van der Waals surface area contributed by atoms with E-state index in [0.717, 1.165) is 4.90 Å². The number of nitrogens with zero attached hydrogens (tertiary/aromatic N) is 1. The number of hydrogen-bond donors (Lipinski definition) is 1. The molecule has 21 heavy (non-hydrogen) atoms. The van der Waals surface area contributed by atoms with Gasteiger partial charge in [0.05, 0.1) is 18.4 Å². The molecule has 2 fully saturated rings. The number of aromatic carboxylic acids is 1. The fraction of sp³-hybridized carbons (Fsp3) is 0.357. The number of ether oxygens (including phenoxy) is 2. The lowest BCUT2D eigenvalue weighted by molar-refractivity contribution is -0.146. The minimum Gasteiger partial charge on any atom is -0.495 e. The van der Waals surface area contributed by atoms with Crippen LogP contribution < -0.4 is 9.64 Å². The van der Waals surface area contributed by atoms with Crippen LogP contribution >= 0.6 is 0 Å². The number of carbonyl (C=O) groups excluding carboxylic acids is 2. The summed E-state index contributed by atoms with van der Waals surface area (Å²) in [6.45, 7) is 0. The van der Waals surface area contributed by atoms with Crippen LogP contribution in [0.25, 0.3) is 0 Å². The fourth-order valence-corrected chi connectivity index (χ4v) is 2.63. The summed E-state index contributed by atoms with van der Waals surface area (Å²) in [6.07, 6.45) is -0.309. The van der Waals surface area contributed by atoms with Gasteiger partial charge in [0.25, 0.3) is 11.8 Å². The molecule has 2 amide bonds. The zero-order chi connectivity index (χ0) is 15.1. The maximum absolute atomic E-state index is 12.3. The molecule has 0 aliphatic carbocycles. The second-order valence-electron chi connectivity index (χ2n) is 4.89. The molecule has 2 aliphatic rings. The van der Waals surface area contributed by atoms with E-state index in [1.807, 2.05) is 0 Å². The fourth-order valence-electron chi connectivity index (χ4n) is 2.63. The number of carboxylic acids is 1. The van der Waals surface area contributed by atoms with E-state index in [2.05, 4.69) is 0 Å². The number of hydrogen-bond acceptors (Lipinski definition) is 5. The highest BCUT2D eigenvalue weighted by Gasteiger charge is 2.47. The molecule has 7 nitrogen and oxygen atoms in total. The maximum atomic E-state index is 12.3. The Morgan fingerprint density at radius 1 is 1.29 bits per heavy atom. The number of imide groups is 1. The average Bonchev–Trinajstić information content (AvgIpc) is 2.92. The van der Waals surface area contributed by atoms with Crippen molar-refractivity contribution in [1.82, 2.24) is 0 Å². The molecule has 1 N–H and O–H groups in total. The number of fused-ring (bicyclic) bond motifs is 2. The molecule has 1 aromatic carbocycles. The van der Waals surface area contributed by atoms with Gasteiger partial charge in [-0.25, -0.2) is 9.69 Å². The van der Waals surface area contributed by atoms with Gasteiger partial charge in [-0.2, -0.15) is 0 Å². The SMILES string of the molecule is COc1ccc(C(=O)O)cc1N1C(=O)C2CCC(O2)C1=O. The first-order valence-corrected chi connectivity index (χ1v) is 6.47. The van der Waals surface area contributed by atoms with E-state index >= 15 is 0 Å². The number of rotatable bonds is 3. The van der Waals surface area contributed by atoms with Crippen LogP contribution in [0.4, 0.5) is 5.69 Å². The van der Waals surface area contributed by atoms with Crippen LogP contribution in [0, 0.1) is 0 Å². The van der Waals surface area contributed by atoms with Gasteiger partial charge in [0.15, 0.2) is 0 Å². The quantitative estimate of drug-likeness (QED) is 0.828. The Morgan fingerprint density at radius 3 is 2.43 bits per heavy atom. The van der Waals surface area contributed by atoms with Gasteiger partial charge in [-0.15, -0.1) is 0 Å². The van der Waals surface area contributed by atoms with Crippen LogP contribution in [0.1, 0.15) is 23.2 Å². The van der Waals surface area contributed by atoms with Gasteiger partial charge in [-0.3, -0.25) is 9.59 Å². The molecular formula is C14H13NO6. The van der Waals surface area contributed by atoms with Gasteiger partial charge in [0.2, 0.25) is 0 Å². The molecule has 2 atom stereocenters. The summed E-state index contributed by atoms with van der Waals surface area (Å²) < 4.78 is 10.5. The molecule has 2 heterocycles. The normalized spacial score (nSPS) is 24.3. The molecule has 0 aromatic heterocycles. The average molecular weight is 291 g/mol. The van der Waals surface area contributed by atoms with Gasteiger partial charge in [0, 0.05) is 0 Å². The van der Waals surface area contributed by atoms with Crippen LogP contribution in [0.3, 0.4) is 0 Å². The Morgan fingerprint density at radius 2 is 1.90 bits per heavy atom. The Balaban J connectivity index is 2.09. The number of carboxylic acid groups (broad SMARTS) is 1. The number of morpholine rings is 1. The van der Waals surface area contributed by atoms with E-state index in [4.69, 9.17) is 14.6 Å². The minimum atomic E-state index is -1.14. The molecule has 110 valence electrons. The molecule has 3 rings (SSSR count). The van der Waals surface area contributed by atoms with Crippen LogP contribution in [0.5, 0.6) is 5.75 Å². The van der Waals surface area contributed by atoms with E-state index < -0.39 is 30.0 Å². The number of anilines is 1. The van der Waals surface area contributed by atoms with E-state index in [9.17, 15) is 14.4 Å². The Kier molecular flexibility index (Phi) is 3.13. The highest BCUT2D eigenvalue weighted by Crippen LogP contribution is 2.36. The molecule has 2 bridgehead atoms. The first kappa shape index (κ1) is 13.6. The number of benzene rings is 1. The topological polar surface area (TPSA) is 93.1 Å². The lowest BCUT2D eigenvalue weighted by Crippen LogP contribution is -2.52. The summed E-state index contributed by atoms with van der Waals surface area (Å²) in [5, 5.41) is 9.07. The first-order valence-electron chi connectivity index (χ1n) is 6.47. The standard InChI is InChI=1S/C14H13NO6/c1-20-9-3-2-7(14(18)19)6-8(9)15-12(16)10-4-5-11(21-10)13(15)17/h2-3,6,10-11H,4-5H2,1H3,(H,18,19). The Bertz CT molecular complexity index is 618. The van der Waals surface area contributed by atoms with Crippen molar-refractivity contribution >= 4 is 23.5 Å². The lowest BCUT2D eigenvalue weighted by Gasteiger charge is -2.30. The third-order valence-corrected chi connectivity index (χ3v) is 3.68. The summed E-state index contributed by atoms with van der Waals surface area (Å²) in [7, 11) is 1.39. The monoisotopic (exact) mass is 291 g/mol. The highest BCUT2D eigenvalue weighted by atomic mass is 16.5. The largest absolute Gasteiger partial charge is 0.495 e. The van der Waals surface area contributed by atoms with Gasteiger partial charge in [-0.1, -0.05) is 0 Å². The molecule has 1 aromatic rings. The summed E-state index contributed by atoms with van der Waals surface area (Å²) >= 11 is 0. The predicted molar refractivity (Wildman–Crippen MR) is 70.3 cm³/mol. The van der Waals surface area contributed by atoms with Crippen molar-refractivity contribution in [3.8, 4) is 5.75 Å². The van der Waals surface area contributed by atoms with Crippen molar-refractivity contribution in [2.45, 2.75) is 25.0 Å². The minimum absolute atomic E-state index is 0.0229. The van der Waals surface area contributed by atoms with Crippen molar-refractivity contribution in [2.75, 3.05) is 12.0 Å². The van der Waals surface area contributed by atoms with Crippen molar-refractivity contribution < 1.29 is 29.0 Å². The van der Waals surface area contributed by atoms with Crippen molar-refractivity contribution in [1.29, 1.82) is 0 Å². The molecule has 0 saturated carbocycles. The number of carbonyl (C=O) groups is 3. The predicted octanol–water partition coefficient (Wildman–Crippen LogP) is 0.814. The summed E-state index contributed by atoms with van der Waals surface area (Å²) in [6, 6.07) is 4.05. The van der Waals surface area contributed by atoms with Crippen molar-refractivity contribution in [3.63, 3.8) is 0 Å². The first-order chi connectivity index (χ1) is 10.0. The Labute approximate surface area is 120 Å². The van der Waals surface area contributed by atoms with Crippen molar-refractivity contribution in [2.24, 2.45) is 0 Å². The molecule has 2 aliphatic heterocycles. The van der Waals surface area contributed by atoms with Crippen LogP contribution in [0.15, 0.2) is 18.2 Å². The molecule has 0 spiro atoms. The van der Waals surface area contributed by atoms with Crippen LogP contribution in [0.2, 0.25) is 0 Å². The molecular weight excluding hydrogens is 278 g/mol. The third kappa shape index (κ3) is 2.06. The van der Waals surface area contributed by atoms with Gasteiger partial charge < -0.3 is 14.6 Å². The van der Waals surface area contributed by atoms with Gasteiger partial charge in [0.1, 0.15) is 18.0 Å². The number of amides is 2. The Hall–Kier alpha value is -2.41. The maximum Gasteiger partial charge on any atom is 0.335 e. The van der Waals surface area contributed by atoms with Crippen LogP contribution in [-0.4, -0.2) is 42.2 Å². The van der Waals surface area contributed by atoms with Crippen LogP contribution in [-0.2, 0) is 14.3 Å². The third-order valence-electron chi connectivity index (χ3n) is 3.68. The second kappa shape index (κ2) is 4.85. The van der Waals surface area contributed by atoms with E-state index in [1.165, 1.54) is 25.3 Å². The van der Waals surface area contributed by atoms with Crippen molar-refractivity contribution in [3.05, 3.63) is 23.8 Å². The lowest BCUT2D eigenvalue weighted by atomic mass is 10.1. The molecule has 2 saturated heterocycles. The van der Waals surface area contributed by atoms with E-state index in [-0.39, 0.29) is 17.0 Å². The summed E-state index contributed by atoms with van der Waals surface area (Å²) in [5.74, 6) is -1.83. The van der Waals surface area contributed by atoms with E-state index in [1.54, 1.807) is 0 Å². The van der Waals surface area contributed by atoms with Gasteiger partial charge in [-0.05, 0) is 31.0 Å². The highest BCUT2D eigenvalue weighted by molar-refractivity contribution is 6.20. The smallest absolute Gasteiger partial charge is 0.335 e. The molecule has 0 radical (unpaired) electrons. The molecule has 2 unspecified atom stereocenters. The number of methoxy groups -OCH3 is 1.